The average molecular weight is 316 g/mol. The molecule has 0 bridgehead atoms. The van der Waals surface area contributed by atoms with E-state index in [1.54, 1.807) is 6.08 Å². The first kappa shape index (κ1) is 12.2. The third-order valence-corrected chi connectivity index (χ3v) is 2.66. The maximum atomic E-state index is 11.4. The van der Waals surface area contributed by atoms with E-state index in [4.69, 9.17) is 0 Å². The lowest BCUT2D eigenvalue weighted by atomic mass is 10.3. The maximum absolute atomic E-state index is 11.4. The number of hydrogen-bond donors (Lipinski definition) is 2. The number of carbonyl (C=O) groups excluding carboxylic acids is 1. The Hall–Kier alpha value is -0.880. The molecule has 4 heteroatoms. The maximum Gasteiger partial charge on any atom is 0.238 e. The van der Waals surface area contributed by atoms with Gasteiger partial charge in [0.05, 0.1) is 12.2 Å². The molecule has 0 aromatic heterocycles. The Kier molecular flexibility index (Phi) is 5.34. The molecule has 1 aromatic carbocycles. The molecule has 2 N–H and O–H groups in total. The Balaban J connectivity index is 2.44. The van der Waals surface area contributed by atoms with Crippen LogP contribution in [0.25, 0.3) is 0 Å². The van der Waals surface area contributed by atoms with Crippen LogP contribution in [-0.2, 0) is 4.79 Å². The van der Waals surface area contributed by atoms with Crippen molar-refractivity contribution in [3.63, 3.8) is 0 Å². The van der Waals surface area contributed by atoms with Crippen LogP contribution in [0.2, 0.25) is 0 Å². The van der Waals surface area contributed by atoms with Crippen LogP contribution in [-0.4, -0.2) is 19.0 Å². The third-order valence-electron chi connectivity index (χ3n) is 1.72. The Bertz CT molecular complexity index is 352. The van der Waals surface area contributed by atoms with Crippen molar-refractivity contribution < 1.29 is 4.79 Å². The summed E-state index contributed by atoms with van der Waals surface area (Å²) in [6, 6.07) is 7.67. The number of benzene rings is 1. The van der Waals surface area contributed by atoms with Crippen molar-refractivity contribution in [2.24, 2.45) is 0 Å². The highest BCUT2D eigenvalue weighted by Gasteiger charge is 2.03. The van der Waals surface area contributed by atoms with Gasteiger partial charge in [0.1, 0.15) is 0 Å². The van der Waals surface area contributed by atoms with Crippen molar-refractivity contribution in [2.75, 3.05) is 18.4 Å². The molecular weight excluding hydrogens is 303 g/mol. The number of nitrogens with one attached hydrogen (secondary N) is 2. The molecule has 15 heavy (non-hydrogen) atoms. The molecule has 0 radical (unpaired) electrons. The van der Waals surface area contributed by atoms with Crippen LogP contribution < -0.4 is 10.6 Å². The number of para-hydroxylation sites is 1. The summed E-state index contributed by atoms with van der Waals surface area (Å²) in [5.74, 6) is -0.0408. The molecule has 0 atom stereocenters. The zero-order valence-corrected chi connectivity index (χ0v) is 10.5. The van der Waals surface area contributed by atoms with E-state index in [2.05, 4.69) is 39.8 Å². The second kappa shape index (κ2) is 6.58. The van der Waals surface area contributed by atoms with Gasteiger partial charge in [-0.1, -0.05) is 18.2 Å². The summed E-state index contributed by atoms with van der Waals surface area (Å²) in [4.78, 5) is 11.4. The lowest BCUT2D eigenvalue weighted by Gasteiger charge is -2.06. The quantitative estimate of drug-likeness (QED) is 0.496. The summed E-state index contributed by atoms with van der Waals surface area (Å²) in [6.07, 6.45) is 1.72. The summed E-state index contributed by atoms with van der Waals surface area (Å²) < 4.78 is 1.03. The Labute approximate surface area is 103 Å². The highest BCUT2D eigenvalue weighted by atomic mass is 127. The number of amides is 1. The lowest BCUT2D eigenvalue weighted by molar-refractivity contribution is -0.115. The van der Waals surface area contributed by atoms with E-state index >= 15 is 0 Å². The van der Waals surface area contributed by atoms with Gasteiger partial charge in [0.2, 0.25) is 5.91 Å². The minimum absolute atomic E-state index is 0.0408. The van der Waals surface area contributed by atoms with Gasteiger partial charge in [0.15, 0.2) is 0 Å². The minimum Gasteiger partial charge on any atom is -0.324 e. The van der Waals surface area contributed by atoms with E-state index < -0.39 is 0 Å². The number of carbonyl (C=O) groups is 1. The van der Waals surface area contributed by atoms with Crippen molar-refractivity contribution in [3.8, 4) is 0 Å². The topological polar surface area (TPSA) is 41.1 Å². The minimum atomic E-state index is -0.0408. The molecule has 0 spiro atoms. The Morgan fingerprint density at radius 3 is 2.87 bits per heavy atom. The molecular formula is C11H13IN2O. The zero-order chi connectivity index (χ0) is 11.1. The molecule has 1 amide bonds. The van der Waals surface area contributed by atoms with E-state index in [1.807, 2.05) is 24.3 Å². The molecule has 80 valence electrons. The van der Waals surface area contributed by atoms with Crippen LogP contribution in [0.5, 0.6) is 0 Å². The molecule has 0 saturated carbocycles. The number of hydrogen-bond acceptors (Lipinski definition) is 2. The fourth-order valence-electron chi connectivity index (χ4n) is 1.04. The van der Waals surface area contributed by atoms with Gasteiger partial charge in [-0.2, -0.15) is 0 Å². The van der Waals surface area contributed by atoms with Crippen molar-refractivity contribution in [1.29, 1.82) is 0 Å². The first-order valence-electron chi connectivity index (χ1n) is 4.60. The second-order valence-corrected chi connectivity index (χ2v) is 4.11. The highest BCUT2D eigenvalue weighted by molar-refractivity contribution is 14.1. The molecule has 0 unspecified atom stereocenters. The van der Waals surface area contributed by atoms with Crippen molar-refractivity contribution in [2.45, 2.75) is 0 Å². The van der Waals surface area contributed by atoms with Gasteiger partial charge >= 0.3 is 0 Å². The van der Waals surface area contributed by atoms with Crippen molar-refractivity contribution in [1.82, 2.24) is 5.32 Å². The summed E-state index contributed by atoms with van der Waals surface area (Å²) in [6.45, 7) is 4.50. The normalized spacial score (nSPS) is 9.67. The third kappa shape index (κ3) is 4.44. The summed E-state index contributed by atoms with van der Waals surface area (Å²) in [5, 5.41) is 5.77. The molecule has 1 rings (SSSR count). The van der Waals surface area contributed by atoms with Crippen LogP contribution >= 0.6 is 22.6 Å². The van der Waals surface area contributed by atoms with Gasteiger partial charge in [-0.15, -0.1) is 6.58 Å². The van der Waals surface area contributed by atoms with Crippen LogP contribution in [0.1, 0.15) is 0 Å². The monoisotopic (exact) mass is 316 g/mol. The Morgan fingerprint density at radius 1 is 1.47 bits per heavy atom. The van der Waals surface area contributed by atoms with Crippen LogP contribution in [0, 0.1) is 3.57 Å². The molecule has 3 nitrogen and oxygen atoms in total. The van der Waals surface area contributed by atoms with E-state index in [0.717, 1.165) is 9.26 Å². The van der Waals surface area contributed by atoms with Crippen LogP contribution in [0.15, 0.2) is 36.9 Å². The largest absolute Gasteiger partial charge is 0.324 e. The van der Waals surface area contributed by atoms with Gasteiger partial charge in [0.25, 0.3) is 0 Å². The van der Waals surface area contributed by atoms with Crippen molar-refractivity contribution in [3.05, 3.63) is 40.5 Å². The standard InChI is InChI=1S/C11H13IN2O/c1-2-7-13-8-11(15)14-10-6-4-3-5-9(10)12/h2-6,13H,1,7-8H2,(H,14,15). The van der Waals surface area contributed by atoms with E-state index in [9.17, 15) is 4.79 Å². The molecule has 0 fully saturated rings. The van der Waals surface area contributed by atoms with E-state index in [1.165, 1.54) is 0 Å². The molecule has 0 heterocycles. The molecule has 0 aliphatic rings. The van der Waals surface area contributed by atoms with E-state index in [-0.39, 0.29) is 5.91 Å². The number of anilines is 1. The SMILES string of the molecule is C=CCNCC(=O)Nc1ccccc1I. The van der Waals surface area contributed by atoms with Gasteiger partial charge < -0.3 is 10.6 Å². The van der Waals surface area contributed by atoms with Crippen molar-refractivity contribution >= 4 is 34.2 Å². The lowest BCUT2D eigenvalue weighted by Crippen LogP contribution is -2.28. The fourth-order valence-corrected chi connectivity index (χ4v) is 1.57. The predicted molar refractivity (Wildman–Crippen MR) is 70.9 cm³/mol. The van der Waals surface area contributed by atoms with Gasteiger partial charge in [-0.25, -0.2) is 0 Å². The average Bonchev–Trinajstić information content (AvgIpc) is 2.22. The molecule has 0 aliphatic heterocycles. The van der Waals surface area contributed by atoms with E-state index in [0.29, 0.717) is 13.1 Å². The van der Waals surface area contributed by atoms with Gasteiger partial charge in [-0.3, -0.25) is 4.79 Å². The fraction of sp³-hybridized carbons (Fsp3) is 0.182. The van der Waals surface area contributed by atoms with Crippen LogP contribution in [0.3, 0.4) is 0 Å². The van der Waals surface area contributed by atoms with Gasteiger partial charge in [-0.05, 0) is 34.7 Å². The molecule has 1 aromatic rings. The first-order valence-corrected chi connectivity index (χ1v) is 5.68. The summed E-state index contributed by atoms with van der Waals surface area (Å²) in [7, 11) is 0. The predicted octanol–water partition coefficient (Wildman–Crippen LogP) is 2.01. The molecule has 0 aliphatic carbocycles. The van der Waals surface area contributed by atoms with Crippen LogP contribution in [0.4, 0.5) is 5.69 Å². The van der Waals surface area contributed by atoms with Gasteiger partial charge in [0, 0.05) is 10.1 Å². The number of halogens is 1. The second-order valence-electron chi connectivity index (χ2n) is 2.95. The zero-order valence-electron chi connectivity index (χ0n) is 8.29. The highest BCUT2D eigenvalue weighted by Crippen LogP contribution is 2.16. The number of rotatable bonds is 5. The summed E-state index contributed by atoms with van der Waals surface area (Å²) >= 11 is 2.19. The first-order chi connectivity index (χ1) is 7.24. The Morgan fingerprint density at radius 2 is 2.20 bits per heavy atom. The summed E-state index contributed by atoms with van der Waals surface area (Å²) in [5.41, 5.74) is 0.850. The smallest absolute Gasteiger partial charge is 0.238 e. The molecule has 0 saturated heterocycles.